The number of fused-ring (bicyclic) bond motifs is 1. The Morgan fingerprint density at radius 1 is 1.38 bits per heavy atom. The van der Waals surface area contributed by atoms with Crippen LogP contribution in [-0.2, 0) is 9.84 Å². The van der Waals surface area contributed by atoms with E-state index in [0.717, 1.165) is 6.07 Å². The first kappa shape index (κ1) is 8.50. The topological polar surface area (TPSA) is 46.2 Å². The molecule has 0 unspecified atom stereocenters. The van der Waals surface area contributed by atoms with E-state index in [9.17, 15) is 12.8 Å². The van der Waals surface area contributed by atoms with Crippen molar-refractivity contribution in [1.29, 1.82) is 0 Å². The number of anilines is 1. The van der Waals surface area contributed by atoms with Gasteiger partial charge in [-0.05, 0) is 12.1 Å². The van der Waals surface area contributed by atoms with Gasteiger partial charge in [-0.25, -0.2) is 12.8 Å². The fraction of sp³-hybridized carbons (Fsp3) is 0.250. The first-order valence-electron chi connectivity index (χ1n) is 3.86. The molecule has 1 aromatic rings. The fourth-order valence-electron chi connectivity index (χ4n) is 1.39. The summed E-state index contributed by atoms with van der Waals surface area (Å²) in [4.78, 5) is -0.193. The molecule has 0 aliphatic carbocycles. The van der Waals surface area contributed by atoms with Crippen molar-refractivity contribution in [1.82, 2.24) is 0 Å². The summed E-state index contributed by atoms with van der Waals surface area (Å²) >= 11 is 0. The maximum atomic E-state index is 13.1. The van der Waals surface area contributed by atoms with Crippen LogP contribution in [0.25, 0.3) is 0 Å². The molecule has 0 aromatic heterocycles. The minimum absolute atomic E-state index is 0.0407. The van der Waals surface area contributed by atoms with Crippen LogP contribution in [0.1, 0.15) is 0 Å². The van der Waals surface area contributed by atoms with Gasteiger partial charge < -0.3 is 5.32 Å². The highest BCUT2D eigenvalue weighted by Crippen LogP contribution is 2.28. The van der Waals surface area contributed by atoms with Gasteiger partial charge in [0.05, 0.1) is 11.4 Å². The number of sulfone groups is 1. The van der Waals surface area contributed by atoms with Crippen molar-refractivity contribution in [3.05, 3.63) is 24.0 Å². The van der Waals surface area contributed by atoms with Gasteiger partial charge in [-0.2, -0.15) is 0 Å². The lowest BCUT2D eigenvalue weighted by Crippen LogP contribution is -2.24. The van der Waals surface area contributed by atoms with E-state index in [4.69, 9.17) is 0 Å². The fourth-order valence-corrected chi connectivity index (χ4v) is 2.80. The van der Waals surface area contributed by atoms with E-state index in [1.54, 1.807) is 6.07 Å². The standard InChI is InChI=1S/C8H8FNO2S/c9-6-2-1-3-7-8(6)13(11,12)5-4-10-7/h1-3,10H,4-5H2. The largest absolute Gasteiger partial charge is 0.383 e. The number of halogens is 1. The molecule has 1 aromatic carbocycles. The molecule has 70 valence electrons. The van der Waals surface area contributed by atoms with E-state index >= 15 is 0 Å². The molecular weight excluding hydrogens is 193 g/mol. The van der Waals surface area contributed by atoms with Gasteiger partial charge in [0.2, 0.25) is 0 Å². The third-order valence-electron chi connectivity index (χ3n) is 1.96. The van der Waals surface area contributed by atoms with E-state index in [-0.39, 0.29) is 10.6 Å². The van der Waals surface area contributed by atoms with Gasteiger partial charge >= 0.3 is 0 Å². The molecule has 1 heterocycles. The molecule has 1 aliphatic rings. The van der Waals surface area contributed by atoms with Crippen molar-refractivity contribution in [2.45, 2.75) is 4.90 Å². The van der Waals surface area contributed by atoms with Gasteiger partial charge in [0.25, 0.3) is 0 Å². The highest BCUT2D eigenvalue weighted by Gasteiger charge is 2.26. The monoisotopic (exact) mass is 201 g/mol. The van der Waals surface area contributed by atoms with Gasteiger partial charge in [0.1, 0.15) is 10.7 Å². The predicted octanol–water partition coefficient (Wildman–Crippen LogP) is 1.02. The number of rotatable bonds is 0. The summed E-state index contributed by atoms with van der Waals surface area (Å²) < 4.78 is 36.0. The SMILES string of the molecule is O=S1(=O)CCNc2cccc(F)c21. The molecule has 1 aliphatic heterocycles. The Kier molecular flexibility index (Phi) is 1.76. The van der Waals surface area contributed by atoms with Crippen molar-refractivity contribution in [2.75, 3.05) is 17.6 Å². The van der Waals surface area contributed by atoms with Crippen LogP contribution in [-0.4, -0.2) is 20.7 Å². The lowest BCUT2D eigenvalue weighted by atomic mass is 10.3. The Morgan fingerprint density at radius 2 is 2.15 bits per heavy atom. The van der Waals surface area contributed by atoms with E-state index in [1.165, 1.54) is 6.07 Å². The number of nitrogens with one attached hydrogen (secondary N) is 1. The highest BCUT2D eigenvalue weighted by molar-refractivity contribution is 7.91. The summed E-state index contributed by atoms with van der Waals surface area (Å²) in [5.41, 5.74) is 0.367. The summed E-state index contributed by atoms with van der Waals surface area (Å²) in [5, 5.41) is 2.84. The molecule has 0 radical (unpaired) electrons. The minimum Gasteiger partial charge on any atom is -0.383 e. The molecule has 3 nitrogen and oxygen atoms in total. The van der Waals surface area contributed by atoms with Crippen LogP contribution >= 0.6 is 0 Å². The van der Waals surface area contributed by atoms with Crippen LogP contribution in [0.5, 0.6) is 0 Å². The van der Waals surface area contributed by atoms with Crippen molar-refractivity contribution >= 4 is 15.5 Å². The molecule has 0 fully saturated rings. The summed E-state index contributed by atoms with van der Waals surface area (Å²) in [6.07, 6.45) is 0. The highest BCUT2D eigenvalue weighted by atomic mass is 32.2. The van der Waals surface area contributed by atoms with Crippen LogP contribution < -0.4 is 5.32 Å². The second-order valence-corrected chi connectivity index (χ2v) is 4.91. The third-order valence-corrected chi connectivity index (χ3v) is 3.74. The zero-order chi connectivity index (χ0) is 9.47. The molecule has 13 heavy (non-hydrogen) atoms. The Hall–Kier alpha value is -1.10. The maximum absolute atomic E-state index is 13.1. The van der Waals surface area contributed by atoms with Gasteiger partial charge in [-0.1, -0.05) is 6.07 Å². The lowest BCUT2D eigenvalue weighted by molar-refractivity contribution is 0.565. The summed E-state index contributed by atoms with van der Waals surface area (Å²) in [6, 6.07) is 4.21. The van der Waals surface area contributed by atoms with Gasteiger partial charge in [-0.15, -0.1) is 0 Å². The zero-order valence-electron chi connectivity index (χ0n) is 6.75. The van der Waals surface area contributed by atoms with Crippen molar-refractivity contribution in [3.63, 3.8) is 0 Å². The second kappa shape index (κ2) is 2.70. The molecule has 0 saturated heterocycles. The van der Waals surface area contributed by atoms with Crippen LogP contribution in [0.3, 0.4) is 0 Å². The number of hydrogen-bond acceptors (Lipinski definition) is 3. The molecular formula is C8H8FNO2S. The number of benzene rings is 1. The van der Waals surface area contributed by atoms with Crippen molar-refractivity contribution < 1.29 is 12.8 Å². The van der Waals surface area contributed by atoms with Crippen LogP contribution in [0, 0.1) is 5.82 Å². The smallest absolute Gasteiger partial charge is 0.185 e. The van der Waals surface area contributed by atoms with E-state index in [1.807, 2.05) is 0 Å². The molecule has 1 N–H and O–H groups in total. The van der Waals surface area contributed by atoms with Gasteiger partial charge in [-0.3, -0.25) is 0 Å². The summed E-state index contributed by atoms with van der Waals surface area (Å²) in [7, 11) is -3.41. The molecule has 0 saturated carbocycles. The lowest BCUT2D eigenvalue weighted by Gasteiger charge is -2.18. The maximum Gasteiger partial charge on any atom is 0.185 e. The Balaban J connectivity index is 2.75. The average Bonchev–Trinajstić information content (AvgIpc) is 2.02. The molecule has 0 amide bonds. The van der Waals surface area contributed by atoms with Crippen molar-refractivity contribution in [3.8, 4) is 0 Å². The normalized spacial score (nSPS) is 18.8. The Bertz CT molecular complexity index is 441. The average molecular weight is 201 g/mol. The van der Waals surface area contributed by atoms with Crippen LogP contribution in [0.4, 0.5) is 10.1 Å². The minimum atomic E-state index is -3.41. The van der Waals surface area contributed by atoms with Crippen LogP contribution in [0.2, 0.25) is 0 Å². The molecule has 5 heteroatoms. The van der Waals surface area contributed by atoms with Gasteiger partial charge in [0.15, 0.2) is 9.84 Å². The quantitative estimate of drug-likeness (QED) is 0.681. The van der Waals surface area contributed by atoms with E-state index < -0.39 is 15.7 Å². The molecule has 0 spiro atoms. The summed E-state index contributed by atoms with van der Waals surface area (Å²) in [6.45, 7) is 0.346. The Morgan fingerprint density at radius 3 is 2.85 bits per heavy atom. The predicted molar refractivity (Wildman–Crippen MR) is 46.9 cm³/mol. The Labute approximate surface area is 75.5 Å². The van der Waals surface area contributed by atoms with E-state index in [2.05, 4.69) is 5.32 Å². The van der Waals surface area contributed by atoms with Crippen molar-refractivity contribution in [2.24, 2.45) is 0 Å². The van der Waals surface area contributed by atoms with Crippen LogP contribution in [0.15, 0.2) is 23.1 Å². The zero-order valence-corrected chi connectivity index (χ0v) is 7.57. The molecule has 2 rings (SSSR count). The van der Waals surface area contributed by atoms with E-state index in [0.29, 0.717) is 12.2 Å². The number of hydrogen-bond donors (Lipinski definition) is 1. The summed E-state index contributed by atoms with van der Waals surface area (Å²) in [5.74, 6) is -0.717. The third kappa shape index (κ3) is 1.29. The second-order valence-electron chi connectivity index (χ2n) is 2.86. The first-order valence-corrected chi connectivity index (χ1v) is 5.51. The van der Waals surface area contributed by atoms with Gasteiger partial charge in [0, 0.05) is 6.54 Å². The molecule has 0 bridgehead atoms. The first-order chi connectivity index (χ1) is 6.11. The molecule has 0 atom stereocenters.